The quantitative estimate of drug-likeness (QED) is 0.361. The third kappa shape index (κ3) is 6.83. The fraction of sp³-hybridized carbons (Fsp3) is 0.667. The van der Waals surface area contributed by atoms with Gasteiger partial charge in [0, 0.05) is 32.7 Å². The lowest BCUT2D eigenvalue weighted by Gasteiger charge is -2.29. The summed E-state index contributed by atoms with van der Waals surface area (Å²) in [5, 5.41) is 3.36. The summed E-state index contributed by atoms with van der Waals surface area (Å²) in [6.07, 6.45) is 5.63. The molecule has 3 rings (SSSR count). The summed E-state index contributed by atoms with van der Waals surface area (Å²) in [4.78, 5) is 9.60. The number of guanidine groups is 1. The molecule has 1 aromatic carbocycles. The first kappa shape index (κ1) is 23.3. The Bertz CT molecular complexity index is 635. The third-order valence-corrected chi connectivity index (χ3v) is 5.54. The standard InChI is InChI=1S/C21H32F2N4.HI/c1-2-24-21(25-10-8-18-14-19(22)6-7-20(18)23)27-13-9-17(16-27)15-26-11-4-3-5-12-26;/h6-7,14,17H,2-5,8-13,15-16H2,1H3,(H,24,25);1H. The maximum atomic E-state index is 13.8. The molecule has 0 aromatic heterocycles. The average Bonchev–Trinajstić information content (AvgIpc) is 3.13. The van der Waals surface area contributed by atoms with Crippen LogP contribution in [0.15, 0.2) is 23.2 Å². The van der Waals surface area contributed by atoms with Crippen molar-refractivity contribution in [2.45, 2.75) is 39.0 Å². The Labute approximate surface area is 184 Å². The number of halogens is 3. The predicted octanol–water partition coefficient (Wildman–Crippen LogP) is 3.90. The lowest BCUT2D eigenvalue weighted by atomic mass is 10.1. The maximum absolute atomic E-state index is 13.8. The number of nitrogens with one attached hydrogen (secondary N) is 1. The van der Waals surface area contributed by atoms with Crippen LogP contribution < -0.4 is 5.32 Å². The van der Waals surface area contributed by atoms with Gasteiger partial charge in [-0.05, 0) is 75.4 Å². The molecular formula is C21H33F2IN4. The van der Waals surface area contributed by atoms with Gasteiger partial charge in [-0.25, -0.2) is 8.78 Å². The van der Waals surface area contributed by atoms with Crippen LogP contribution in [0.1, 0.15) is 38.2 Å². The molecule has 0 radical (unpaired) electrons. The lowest BCUT2D eigenvalue weighted by Crippen LogP contribution is -2.41. The number of hydrogen-bond donors (Lipinski definition) is 1. The van der Waals surface area contributed by atoms with Gasteiger partial charge in [-0.1, -0.05) is 6.42 Å². The summed E-state index contributed by atoms with van der Waals surface area (Å²) in [5.41, 5.74) is 0.388. The number of hydrogen-bond acceptors (Lipinski definition) is 2. The SMILES string of the molecule is CCNC(=NCCc1cc(F)ccc1F)N1CCC(CN2CCCCC2)C1.I. The molecule has 1 N–H and O–H groups in total. The number of piperidine rings is 1. The molecule has 4 nitrogen and oxygen atoms in total. The highest BCUT2D eigenvalue weighted by Crippen LogP contribution is 2.20. The van der Waals surface area contributed by atoms with E-state index >= 15 is 0 Å². The van der Waals surface area contributed by atoms with Crippen molar-refractivity contribution in [1.82, 2.24) is 15.1 Å². The van der Waals surface area contributed by atoms with E-state index in [-0.39, 0.29) is 29.8 Å². The molecule has 2 aliphatic rings. The van der Waals surface area contributed by atoms with E-state index in [9.17, 15) is 8.78 Å². The van der Waals surface area contributed by atoms with Crippen LogP contribution in [0.25, 0.3) is 0 Å². The highest BCUT2D eigenvalue weighted by Gasteiger charge is 2.26. The van der Waals surface area contributed by atoms with E-state index < -0.39 is 5.82 Å². The molecule has 2 aliphatic heterocycles. The molecule has 158 valence electrons. The molecule has 0 bridgehead atoms. The third-order valence-electron chi connectivity index (χ3n) is 5.54. The minimum Gasteiger partial charge on any atom is -0.357 e. The Morgan fingerprint density at radius 3 is 2.71 bits per heavy atom. The molecule has 2 saturated heterocycles. The number of nitrogens with zero attached hydrogens (tertiary/aromatic N) is 3. The van der Waals surface area contributed by atoms with Crippen LogP contribution in [0.3, 0.4) is 0 Å². The second-order valence-electron chi connectivity index (χ2n) is 7.68. The van der Waals surface area contributed by atoms with Crippen LogP contribution in [-0.4, -0.2) is 61.6 Å². The first-order valence-corrected chi connectivity index (χ1v) is 10.3. The van der Waals surface area contributed by atoms with E-state index in [0.717, 1.165) is 31.7 Å². The summed E-state index contributed by atoms with van der Waals surface area (Å²) in [7, 11) is 0. The van der Waals surface area contributed by atoms with Gasteiger partial charge >= 0.3 is 0 Å². The van der Waals surface area contributed by atoms with E-state index in [2.05, 4.69) is 27.0 Å². The first-order chi connectivity index (χ1) is 13.2. The van der Waals surface area contributed by atoms with Crippen molar-refractivity contribution < 1.29 is 8.78 Å². The molecular weight excluding hydrogens is 473 g/mol. The fourth-order valence-electron chi connectivity index (χ4n) is 4.12. The van der Waals surface area contributed by atoms with Gasteiger partial charge in [-0.15, -0.1) is 24.0 Å². The maximum Gasteiger partial charge on any atom is 0.193 e. The Hall–Kier alpha value is -0.960. The van der Waals surface area contributed by atoms with Gasteiger partial charge < -0.3 is 15.1 Å². The van der Waals surface area contributed by atoms with E-state index in [1.807, 2.05) is 0 Å². The smallest absolute Gasteiger partial charge is 0.193 e. The molecule has 1 aromatic rings. The molecule has 2 heterocycles. The monoisotopic (exact) mass is 506 g/mol. The number of rotatable bonds is 6. The van der Waals surface area contributed by atoms with Crippen LogP contribution in [0.2, 0.25) is 0 Å². The Kier molecular flexibility index (Phi) is 9.91. The largest absolute Gasteiger partial charge is 0.357 e. The Morgan fingerprint density at radius 2 is 1.96 bits per heavy atom. The summed E-state index contributed by atoms with van der Waals surface area (Å²) in [5.74, 6) is 0.824. The summed E-state index contributed by atoms with van der Waals surface area (Å²) in [6.45, 7) is 9.02. The molecule has 1 unspecified atom stereocenters. The Balaban J connectivity index is 0.00000280. The molecule has 2 fully saturated rings. The van der Waals surface area contributed by atoms with Crippen LogP contribution in [0.5, 0.6) is 0 Å². The van der Waals surface area contributed by atoms with E-state index in [0.29, 0.717) is 24.4 Å². The van der Waals surface area contributed by atoms with E-state index in [1.54, 1.807) is 0 Å². The zero-order valence-corrected chi connectivity index (χ0v) is 19.1. The van der Waals surface area contributed by atoms with Crippen LogP contribution in [-0.2, 0) is 6.42 Å². The molecule has 0 saturated carbocycles. The van der Waals surface area contributed by atoms with Crippen molar-refractivity contribution in [2.75, 3.05) is 45.8 Å². The van der Waals surface area contributed by atoms with Gasteiger partial charge in [-0.2, -0.15) is 0 Å². The van der Waals surface area contributed by atoms with Crippen molar-refractivity contribution >= 4 is 29.9 Å². The lowest BCUT2D eigenvalue weighted by molar-refractivity contribution is 0.198. The number of likely N-dealkylation sites (tertiary alicyclic amines) is 2. The second-order valence-corrected chi connectivity index (χ2v) is 7.68. The van der Waals surface area contributed by atoms with Gasteiger partial charge in [0.05, 0.1) is 0 Å². The van der Waals surface area contributed by atoms with E-state index in [1.165, 1.54) is 57.5 Å². The normalized spacial score (nSPS) is 20.9. The highest BCUT2D eigenvalue weighted by atomic mass is 127. The highest BCUT2D eigenvalue weighted by molar-refractivity contribution is 14.0. The Morgan fingerprint density at radius 1 is 1.18 bits per heavy atom. The zero-order valence-electron chi connectivity index (χ0n) is 16.8. The van der Waals surface area contributed by atoms with Gasteiger partial charge in [-0.3, -0.25) is 4.99 Å². The average molecular weight is 506 g/mol. The van der Waals surface area contributed by atoms with Crippen LogP contribution in [0, 0.1) is 17.6 Å². The van der Waals surface area contributed by atoms with Crippen LogP contribution >= 0.6 is 24.0 Å². The van der Waals surface area contributed by atoms with Gasteiger partial charge in [0.25, 0.3) is 0 Å². The summed E-state index contributed by atoms with van der Waals surface area (Å²) in [6, 6.07) is 3.60. The molecule has 0 aliphatic carbocycles. The molecule has 1 atom stereocenters. The van der Waals surface area contributed by atoms with Crippen molar-refractivity contribution in [3.05, 3.63) is 35.4 Å². The van der Waals surface area contributed by atoms with E-state index in [4.69, 9.17) is 0 Å². The minimum absolute atomic E-state index is 0. The van der Waals surface area contributed by atoms with Crippen molar-refractivity contribution in [2.24, 2.45) is 10.9 Å². The first-order valence-electron chi connectivity index (χ1n) is 10.3. The number of benzene rings is 1. The summed E-state index contributed by atoms with van der Waals surface area (Å²) < 4.78 is 27.1. The molecule has 28 heavy (non-hydrogen) atoms. The molecule has 0 spiro atoms. The van der Waals surface area contributed by atoms with Crippen molar-refractivity contribution in [3.8, 4) is 0 Å². The molecule has 0 amide bonds. The van der Waals surface area contributed by atoms with Gasteiger partial charge in [0.15, 0.2) is 5.96 Å². The minimum atomic E-state index is -0.401. The van der Waals surface area contributed by atoms with Crippen LogP contribution in [0.4, 0.5) is 8.78 Å². The van der Waals surface area contributed by atoms with Crippen molar-refractivity contribution in [1.29, 1.82) is 0 Å². The zero-order chi connectivity index (χ0) is 19.1. The topological polar surface area (TPSA) is 30.9 Å². The van der Waals surface area contributed by atoms with Crippen molar-refractivity contribution in [3.63, 3.8) is 0 Å². The summed E-state index contributed by atoms with van der Waals surface area (Å²) >= 11 is 0. The van der Waals surface area contributed by atoms with Gasteiger partial charge in [0.2, 0.25) is 0 Å². The molecule has 7 heteroatoms. The second kappa shape index (κ2) is 11.9. The predicted molar refractivity (Wildman–Crippen MR) is 121 cm³/mol. The fourth-order valence-corrected chi connectivity index (χ4v) is 4.12. The van der Waals surface area contributed by atoms with Gasteiger partial charge in [0.1, 0.15) is 11.6 Å². The number of aliphatic imine (C=N–C) groups is 1.